The first-order chi connectivity index (χ1) is 9.43. The van der Waals surface area contributed by atoms with Gasteiger partial charge in [-0.1, -0.05) is 41.4 Å². The molecule has 1 N–H and O–H groups in total. The molecule has 0 saturated carbocycles. The quantitative estimate of drug-likeness (QED) is 0.848. The molecule has 1 atom stereocenters. The van der Waals surface area contributed by atoms with Crippen LogP contribution in [0.1, 0.15) is 39.4 Å². The van der Waals surface area contributed by atoms with Crippen molar-refractivity contribution in [3.63, 3.8) is 0 Å². The SMILES string of the molecule is CNC(c1ccc(C)c(Cl)c1)c1c(C)cc(C)cc1C. The molecule has 0 amide bonds. The molecule has 2 heteroatoms. The molecule has 1 unspecified atom stereocenters. The Morgan fingerprint density at radius 3 is 2.00 bits per heavy atom. The molecular weight excluding hydrogens is 266 g/mol. The molecule has 2 rings (SSSR count). The molecule has 0 aliphatic rings. The number of aryl methyl sites for hydroxylation is 4. The summed E-state index contributed by atoms with van der Waals surface area (Å²) in [6.45, 7) is 8.52. The van der Waals surface area contributed by atoms with E-state index in [-0.39, 0.29) is 6.04 Å². The molecular formula is C18H22ClN. The number of hydrogen-bond donors (Lipinski definition) is 1. The summed E-state index contributed by atoms with van der Waals surface area (Å²) in [5, 5.41) is 4.25. The highest BCUT2D eigenvalue weighted by Gasteiger charge is 2.17. The van der Waals surface area contributed by atoms with Crippen molar-refractivity contribution < 1.29 is 0 Å². The van der Waals surface area contributed by atoms with Crippen LogP contribution in [0.5, 0.6) is 0 Å². The molecule has 0 radical (unpaired) electrons. The van der Waals surface area contributed by atoms with Gasteiger partial charge in [-0.05, 0) is 68.6 Å². The lowest BCUT2D eigenvalue weighted by atomic mass is 9.90. The molecule has 0 fully saturated rings. The minimum absolute atomic E-state index is 0.175. The van der Waals surface area contributed by atoms with Gasteiger partial charge < -0.3 is 5.32 Å². The van der Waals surface area contributed by atoms with Gasteiger partial charge in [0.25, 0.3) is 0 Å². The lowest BCUT2D eigenvalue weighted by molar-refractivity contribution is 0.682. The van der Waals surface area contributed by atoms with Crippen LogP contribution in [0.4, 0.5) is 0 Å². The van der Waals surface area contributed by atoms with Crippen molar-refractivity contribution in [3.05, 3.63) is 68.7 Å². The van der Waals surface area contributed by atoms with Gasteiger partial charge in [0, 0.05) is 5.02 Å². The van der Waals surface area contributed by atoms with Gasteiger partial charge in [-0.2, -0.15) is 0 Å². The van der Waals surface area contributed by atoms with Crippen molar-refractivity contribution in [1.82, 2.24) is 5.32 Å². The Bertz CT molecular complexity index is 608. The minimum atomic E-state index is 0.175. The number of nitrogens with one attached hydrogen (secondary N) is 1. The van der Waals surface area contributed by atoms with E-state index in [2.05, 4.69) is 56.4 Å². The van der Waals surface area contributed by atoms with E-state index in [0.29, 0.717) is 0 Å². The zero-order valence-corrected chi connectivity index (χ0v) is 13.6. The van der Waals surface area contributed by atoms with Gasteiger partial charge in [-0.15, -0.1) is 0 Å². The fraction of sp³-hybridized carbons (Fsp3) is 0.333. The van der Waals surface area contributed by atoms with E-state index in [1.54, 1.807) is 0 Å². The maximum atomic E-state index is 6.28. The molecule has 0 aliphatic carbocycles. The first-order valence-corrected chi connectivity index (χ1v) is 7.33. The van der Waals surface area contributed by atoms with Crippen LogP contribution in [-0.2, 0) is 0 Å². The van der Waals surface area contributed by atoms with Crippen LogP contribution in [0.3, 0.4) is 0 Å². The predicted molar refractivity (Wildman–Crippen MR) is 87.7 cm³/mol. The van der Waals surface area contributed by atoms with E-state index in [4.69, 9.17) is 11.6 Å². The predicted octanol–water partition coefficient (Wildman–Crippen LogP) is 4.88. The molecule has 2 aromatic carbocycles. The van der Waals surface area contributed by atoms with E-state index in [9.17, 15) is 0 Å². The van der Waals surface area contributed by atoms with E-state index >= 15 is 0 Å². The van der Waals surface area contributed by atoms with E-state index in [1.165, 1.54) is 27.8 Å². The van der Waals surface area contributed by atoms with E-state index in [0.717, 1.165) is 10.6 Å². The molecule has 0 saturated heterocycles. The van der Waals surface area contributed by atoms with E-state index < -0.39 is 0 Å². The van der Waals surface area contributed by atoms with Gasteiger partial charge in [0.2, 0.25) is 0 Å². The standard InChI is InChI=1S/C18H22ClN/c1-11-8-13(3)17(14(4)9-11)18(20-5)15-7-6-12(2)16(19)10-15/h6-10,18,20H,1-5H3. The zero-order chi connectivity index (χ0) is 14.9. The average molecular weight is 288 g/mol. The molecule has 0 heterocycles. The second-order valence-corrected chi connectivity index (χ2v) is 5.95. The lowest BCUT2D eigenvalue weighted by Crippen LogP contribution is -2.20. The summed E-state index contributed by atoms with van der Waals surface area (Å²) in [5.41, 5.74) is 7.61. The third-order valence-electron chi connectivity index (χ3n) is 3.84. The Hall–Kier alpha value is -1.31. The number of rotatable bonds is 3. The van der Waals surface area contributed by atoms with Crippen molar-refractivity contribution in [2.45, 2.75) is 33.7 Å². The van der Waals surface area contributed by atoms with Crippen molar-refractivity contribution in [3.8, 4) is 0 Å². The fourth-order valence-electron chi connectivity index (χ4n) is 2.91. The summed E-state index contributed by atoms with van der Waals surface area (Å²) < 4.78 is 0. The average Bonchev–Trinajstić information content (AvgIpc) is 2.37. The molecule has 0 bridgehead atoms. The van der Waals surface area contributed by atoms with Gasteiger partial charge in [0.1, 0.15) is 0 Å². The van der Waals surface area contributed by atoms with E-state index in [1.807, 2.05) is 14.0 Å². The summed E-state index contributed by atoms with van der Waals surface area (Å²) >= 11 is 6.28. The summed E-state index contributed by atoms with van der Waals surface area (Å²) in [4.78, 5) is 0. The molecule has 0 aromatic heterocycles. The normalized spacial score (nSPS) is 12.5. The van der Waals surface area contributed by atoms with Gasteiger partial charge in [-0.3, -0.25) is 0 Å². The molecule has 0 aliphatic heterocycles. The second-order valence-electron chi connectivity index (χ2n) is 5.54. The Kier molecular flexibility index (Phi) is 4.52. The first kappa shape index (κ1) is 15.1. The van der Waals surface area contributed by atoms with Crippen molar-refractivity contribution >= 4 is 11.6 Å². The van der Waals surface area contributed by atoms with Crippen molar-refractivity contribution in [2.24, 2.45) is 0 Å². The molecule has 1 nitrogen and oxygen atoms in total. The Labute approximate surface area is 127 Å². The highest BCUT2D eigenvalue weighted by Crippen LogP contribution is 2.30. The highest BCUT2D eigenvalue weighted by molar-refractivity contribution is 6.31. The summed E-state index contributed by atoms with van der Waals surface area (Å²) in [7, 11) is 2.00. The van der Waals surface area contributed by atoms with Gasteiger partial charge >= 0.3 is 0 Å². The molecule has 0 spiro atoms. The third-order valence-corrected chi connectivity index (χ3v) is 4.25. The van der Waals surface area contributed by atoms with Crippen LogP contribution in [0.2, 0.25) is 5.02 Å². The molecule has 20 heavy (non-hydrogen) atoms. The van der Waals surface area contributed by atoms with Crippen LogP contribution < -0.4 is 5.32 Å². The van der Waals surface area contributed by atoms with Crippen molar-refractivity contribution in [2.75, 3.05) is 7.05 Å². The minimum Gasteiger partial charge on any atom is -0.309 e. The second kappa shape index (κ2) is 5.99. The topological polar surface area (TPSA) is 12.0 Å². The Morgan fingerprint density at radius 2 is 1.50 bits per heavy atom. The maximum absolute atomic E-state index is 6.28. The van der Waals surface area contributed by atoms with Crippen LogP contribution >= 0.6 is 11.6 Å². The number of halogens is 1. The number of hydrogen-bond acceptors (Lipinski definition) is 1. The fourth-order valence-corrected chi connectivity index (χ4v) is 3.10. The zero-order valence-electron chi connectivity index (χ0n) is 12.8. The van der Waals surface area contributed by atoms with Crippen LogP contribution in [-0.4, -0.2) is 7.05 Å². The molecule has 106 valence electrons. The molecule has 2 aromatic rings. The van der Waals surface area contributed by atoms with Crippen LogP contribution in [0.25, 0.3) is 0 Å². The van der Waals surface area contributed by atoms with Gasteiger partial charge in [0.15, 0.2) is 0 Å². The largest absolute Gasteiger partial charge is 0.309 e. The van der Waals surface area contributed by atoms with Crippen LogP contribution in [0.15, 0.2) is 30.3 Å². The van der Waals surface area contributed by atoms with Crippen molar-refractivity contribution in [1.29, 1.82) is 0 Å². The monoisotopic (exact) mass is 287 g/mol. The van der Waals surface area contributed by atoms with Gasteiger partial charge in [-0.25, -0.2) is 0 Å². The van der Waals surface area contributed by atoms with Gasteiger partial charge in [0.05, 0.1) is 6.04 Å². The third kappa shape index (κ3) is 2.89. The Morgan fingerprint density at radius 1 is 0.900 bits per heavy atom. The Balaban J connectivity index is 2.55. The number of benzene rings is 2. The maximum Gasteiger partial charge on any atom is 0.0580 e. The summed E-state index contributed by atoms with van der Waals surface area (Å²) in [6, 6.07) is 11.0. The smallest absolute Gasteiger partial charge is 0.0580 e. The first-order valence-electron chi connectivity index (χ1n) is 6.95. The van der Waals surface area contributed by atoms with Crippen LogP contribution in [0, 0.1) is 27.7 Å². The summed E-state index contributed by atoms with van der Waals surface area (Å²) in [6.07, 6.45) is 0. The highest BCUT2D eigenvalue weighted by atomic mass is 35.5. The summed E-state index contributed by atoms with van der Waals surface area (Å²) in [5.74, 6) is 0. The lowest BCUT2D eigenvalue weighted by Gasteiger charge is -2.23.